The Morgan fingerprint density at radius 3 is 1.15 bits per heavy atom. The Labute approximate surface area is 816 Å². The van der Waals surface area contributed by atoms with Gasteiger partial charge in [-0.3, -0.25) is 33.6 Å². The summed E-state index contributed by atoms with van der Waals surface area (Å²) in [6.07, 6.45) is -8.00. The lowest BCUT2D eigenvalue weighted by Crippen LogP contribution is -2.65. The Morgan fingerprint density at radius 2 is 0.806 bits per heavy atom. The number of carbonyl (C=O) groups excluding carboxylic acids is 7. The molecule has 8 aromatic heterocycles. The Kier molecular flexibility index (Phi) is 27.9. The molecule has 0 bridgehead atoms. The number of guanidine groups is 1. The number of hydrogen-bond donors (Lipinski definition) is 2. The summed E-state index contributed by atoms with van der Waals surface area (Å²) in [7, 11) is 0. The largest absolute Gasteiger partial charge is 0.419 e. The number of hydrogen-bond acceptors (Lipinski definition) is 21. The van der Waals surface area contributed by atoms with Gasteiger partial charge in [0.2, 0.25) is 17.8 Å². The second-order valence-electron chi connectivity index (χ2n) is 39.6. The number of fused-ring (bicyclic) bond motifs is 4. The van der Waals surface area contributed by atoms with Crippen molar-refractivity contribution in [2.24, 2.45) is 21.1 Å². The molecule has 0 unspecified atom stereocenters. The van der Waals surface area contributed by atoms with Crippen molar-refractivity contribution in [1.29, 1.82) is 5.26 Å². The molecule has 13 heterocycles. The Bertz CT molecular complexity index is 7170. The lowest BCUT2D eigenvalue weighted by molar-refractivity contribution is -0.297. The first kappa shape index (κ1) is 104. The molecule has 1 saturated carbocycles. The minimum absolute atomic E-state index is 0.0113. The van der Waals surface area contributed by atoms with E-state index in [9.17, 15) is 95.7 Å². The SMILES string of the molecule is CC(C)c1cc(-c2ccc(C(F)(F)F)c(F)c2)nn2cc(C(=O)N3CCN(C(=O)C4CC(O)(C(F)(F)F)C4)CC3(C)C)nc12.CC(C)c1cc(-c2ccc(C(F)(F)F)c(F)c2)nn2cc(C(=O)N3CCNC(=O)C3(C)C)nc12.CC(C)c1cc(-c2ccc(F)cc2)nn2cc(C(=O)N3CCN(C#N)C(=O)C3(C)C)nc12.CC(C)c1cc(-c2ccc(F)cc2)nn2cc(C(=O)N3CCN(C4=NCN=N4)CC3(C)C)nc12. The van der Waals surface area contributed by atoms with E-state index in [0.29, 0.717) is 108 Å². The summed E-state index contributed by atoms with van der Waals surface area (Å²) >= 11 is 0. The van der Waals surface area contributed by atoms with Gasteiger partial charge in [-0.15, -0.1) is 5.11 Å². The highest BCUT2D eigenvalue weighted by Crippen LogP contribution is 2.50. The number of azo groups is 1. The molecule has 12 aromatic rings. The van der Waals surface area contributed by atoms with Crippen molar-refractivity contribution in [3.05, 3.63) is 213 Å². The molecule has 32 nitrogen and oxygen atoms in total. The number of aromatic nitrogens is 12. The predicted molar refractivity (Wildman–Crippen MR) is 500 cm³/mol. The quantitative estimate of drug-likeness (QED) is 0.0799. The number of carbonyl (C=O) groups is 7. The lowest BCUT2D eigenvalue weighted by Gasteiger charge is -2.50. The summed E-state index contributed by atoms with van der Waals surface area (Å²) in [5.74, 6) is -6.45. The molecule has 0 spiro atoms. The van der Waals surface area contributed by atoms with Crippen molar-refractivity contribution in [3.63, 3.8) is 0 Å². The second kappa shape index (κ2) is 38.8. The van der Waals surface area contributed by atoms with Crippen molar-refractivity contribution in [2.45, 2.75) is 194 Å². The molecule has 6 aliphatic rings. The normalized spacial score (nSPS) is 18.4. The van der Waals surface area contributed by atoms with E-state index in [4.69, 9.17) is 10.2 Å². The Hall–Kier alpha value is -14.7. The molecular weight excluding hydrogens is 1900 g/mol. The summed E-state index contributed by atoms with van der Waals surface area (Å²) in [6, 6.07) is 24.5. The van der Waals surface area contributed by atoms with Crippen molar-refractivity contribution in [2.75, 3.05) is 72.1 Å². The van der Waals surface area contributed by atoms with E-state index in [1.165, 1.54) is 65.3 Å². The number of alkyl halides is 9. The molecule has 0 radical (unpaired) electrons. The van der Waals surface area contributed by atoms with E-state index in [0.717, 1.165) is 51.4 Å². The van der Waals surface area contributed by atoms with Gasteiger partial charge in [-0.05, 0) is 189 Å². The number of aliphatic imine (C=N–C) groups is 1. The van der Waals surface area contributed by atoms with Gasteiger partial charge in [-0.2, -0.15) is 70.3 Å². The van der Waals surface area contributed by atoms with Gasteiger partial charge in [0, 0.05) is 109 Å². The third kappa shape index (κ3) is 20.5. The predicted octanol–water partition coefficient (Wildman–Crippen LogP) is 16.6. The lowest BCUT2D eigenvalue weighted by atomic mass is 9.69. The summed E-state index contributed by atoms with van der Waals surface area (Å²) in [5.41, 5.74) is 0.00768. The minimum atomic E-state index is -4.86. The number of benzene rings is 4. The van der Waals surface area contributed by atoms with E-state index >= 15 is 0 Å². The van der Waals surface area contributed by atoms with Gasteiger partial charge in [-0.1, -0.05) is 67.5 Å². The van der Waals surface area contributed by atoms with Crippen molar-refractivity contribution in [1.82, 2.24) is 98.0 Å². The van der Waals surface area contributed by atoms with E-state index in [1.54, 1.807) is 99.4 Å². The standard InChI is InChI=1S/C29H30F7N5O3.C24H27FN8O.C23H23F4N5O2.C23H23FN6O2/c1-15(2)18-10-21(16-5-6-19(20(30)9-16)28(31,32)33)38-41-13-22(37-23(18)41)25(43)40-8-7-39(14-26(40,3)4)24(42)17-11-27(44,12-17)29(34,35)36;1-15(2)18-11-19(16-5-7-17(25)8-6-16)30-33-12-20(28-21(18)33)22(34)32-10-9-31(13-24(32,3)4)23-26-14-27-29-23;1-12(2)14-10-17(13-5-6-15(16(24)9-13)23(25,26)27)30-32-11-18(29-19(14)32)20(33)31-8-7-28-21(34)22(31,3)4;1-14(2)17-11-18(15-5-7-16(24)8-6-15)27-30-12-19(26-20(17)30)21(31)29-10-9-28(13-25)22(32)23(29,3)4/h5-6,9-10,13,15,17,44H,7-8,11-12,14H2,1-4H3;5-8,11-12,15H,9-10,13-14H2,1-4H3;5-6,9-12H,7-8H2,1-4H3,(H,28,34);5-8,11-12,14H,9-10H2,1-4H3. The van der Waals surface area contributed by atoms with Crippen LogP contribution in [0.4, 0.5) is 57.1 Å². The maximum Gasteiger partial charge on any atom is 0.419 e. The minimum Gasteiger partial charge on any atom is -0.380 e. The average molecular weight is 2000 g/mol. The Morgan fingerprint density at radius 1 is 0.451 bits per heavy atom. The molecule has 4 aromatic carbocycles. The van der Waals surface area contributed by atoms with Crippen LogP contribution in [0.15, 0.2) is 149 Å². The number of imidazole rings is 4. The molecule has 45 heteroatoms. The van der Waals surface area contributed by atoms with Crippen LogP contribution >= 0.6 is 0 Å². The molecule has 5 fully saturated rings. The summed E-state index contributed by atoms with van der Waals surface area (Å²) in [6.45, 7) is 33.0. The fraction of sp³-hybridized carbons (Fsp3) is 0.424. The van der Waals surface area contributed by atoms with E-state index in [1.807, 2.05) is 78.6 Å². The first-order valence-corrected chi connectivity index (χ1v) is 46.3. The van der Waals surface area contributed by atoms with Gasteiger partial charge in [0.1, 0.15) is 57.1 Å². The van der Waals surface area contributed by atoms with E-state index < -0.39 is 117 Å². The third-order valence-electron chi connectivity index (χ3n) is 26.4. The zero-order valence-corrected chi connectivity index (χ0v) is 81.3. The van der Waals surface area contributed by atoms with Crippen molar-refractivity contribution >= 4 is 69.9 Å². The number of rotatable bonds is 13. The number of nitrogens with zero attached hydrogens (tertiary/aromatic N) is 23. The number of nitriles is 1. The zero-order chi connectivity index (χ0) is 105. The van der Waals surface area contributed by atoms with Crippen LogP contribution in [0.1, 0.15) is 223 Å². The van der Waals surface area contributed by atoms with Crippen LogP contribution in [0.25, 0.3) is 67.6 Å². The van der Waals surface area contributed by atoms with Crippen LogP contribution in [0.3, 0.4) is 0 Å². The first-order valence-electron chi connectivity index (χ1n) is 46.3. The fourth-order valence-corrected chi connectivity index (χ4v) is 18.2. The highest BCUT2D eigenvalue weighted by Gasteiger charge is 2.63. The molecule has 2 N–H and O–H groups in total. The van der Waals surface area contributed by atoms with E-state index in [2.05, 4.69) is 74.6 Å². The van der Waals surface area contributed by atoms with Gasteiger partial charge >= 0.3 is 18.5 Å². The summed E-state index contributed by atoms with van der Waals surface area (Å²) < 4.78 is 178. The Balaban J connectivity index is 0.000000146. The molecule has 144 heavy (non-hydrogen) atoms. The number of halogens is 13. The van der Waals surface area contributed by atoms with Crippen LogP contribution < -0.4 is 5.32 Å². The molecule has 0 atom stereocenters. The van der Waals surface area contributed by atoms with Crippen LogP contribution in [0.2, 0.25) is 0 Å². The number of amides is 7. The fourth-order valence-electron chi connectivity index (χ4n) is 18.2. The highest BCUT2D eigenvalue weighted by molar-refractivity contribution is 6.01. The van der Waals surface area contributed by atoms with Gasteiger partial charge in [0.05, 0.1) is 76.3 Å². The zero-order valence-electron chi connectivity index (χ0n) is 81.3. The van der Waals surface area contributed by atoms with Gasteiger partial charge in [0.25, 0.3) is 29.5 Å². The molecule has 5 aliphatic heterocycles. The maximum absolute atomic E-state index is 14.3. The van der Waals surface area contributed by atoms with Gasteiger partial charge in [-0.25, -0.2) is 65.5 Å². The van der Waals surface area contributed by atoms with Gasteiger partial charge in [0.15, 0.2) is 41.1 Å². The van der Waals surface area contributed by atoms with Crippen LogP contribution in [-0.4, -0.2) is 251 Å². The topological polar surface area (TPSA) is 356 Å². The number of nitrogens with one attached hydrogen (secondary N) is 1. The maximum atomic E-state index is 14.3. The molecule has 1 aliphatic carbocycles. The highest BCUT2D eigenvalue weighted by atomic mass is 19.4. The van der Waals surface area contributed by atoms with Gasteiger partial charge < -0.3 is 39.8 Å². The van der Waals surface area contributed by atoms with Crippen LogP contribution in [0, 0.1) is 40.6 Å². The van der Waals surface area contributed by atoms with E-state index in [-0.39, 0.29) is 119 Å². The summed E-state index contributed by atoms with van der Waals surface area (Å²) in [4.78, 5) is 125. The number of piperazine rings is 4. The molecular formula is C99H103F13N24O8. The number of aliphatic hydroxyl groups is 1. The molecule has 7 amide bonds. The van der Waals surface area contributed by atoms with Crippen molar-refractivity contribution in [3.8, 4) is 51.2 Å². The van der Waals surface area contributed by atoms with Crippen LogP contribution in [-0.2, 0) is 26.7 Å². The smallest absolute Gasteiger partial charge is 0.380 e. The summed E-state index contributed by atoms with van der Waals surface area (Å²) in [5, 5.41) is 47.7. The molecule has 758 valence electrons. The molecule has 4 saturated heterocycles. The second-order valence-corrected chi connectivity index (χ2v) is 39.6. The first-order chi connectivity index (χ1) is 67.4. The van der Waals surface area contributed by atoms with Crippen molar-refractivity contribution < 1.29 is 95.7 Å². The third-order valence-corrected chi connectivity index (χ3v) is 26.4. The average Bonchev–Trinajstić information content (AvgIpc) is 1.59. The molecule has 18 rings (SSSR count). The van der Waals surface area contributed by atoms with Crippen LogP contribution in [0.5, 0.6) is 0 Å². The monoisotopic (exact) mass is 2000 g/mol.